The van der Waals surface area contributed by atoms with Gasteiger partial charge in [-0.2, -0.15) is 11.8 Å². The number of thioether (sulfide) groups is 1. The van der Waals surface area contributed by atoms with Crippen molar-refractivity contribution in [1.29, 1.82) is 0 Å². The monoisotopic (exact) mass is 342 g/mol. The van der Waals surface area contributed by atoms with Crippen molar-refractivity contribution < 1.29 is 9.53 Å². The Morgan fingerprint density at radius 1 is 1.26 bits per heavy atom. The summed E-state index contributed by atoms with van der Waals surface area (Å²) in [7, 11) is 0. The van der Waals surface area contributed by atoms with Crippen LogP contribution in [0.5, 0.6) is 0 Å². The van der Waals surface area contributed by atoms with E-state index < -0.39 is 0 Å². The van der Waals surface area contributed by atoms with Gasteiger partial charge < -0.3 is 20.3 Å². The maximum Gasteiger partial charge on any atom is 0.244 e. The zero-order valence-corrected chi connectivity index (χ0v) is 15.2. The van der Waals surface area contributed by atoms with E-state index in [1.165, 1.54) is 0 Å². The van der Waals surface area contributed by atoms with Crippen molar-refractivity contribution in [2.45, 2.75) is 37.4 Å². The SMILES string of the molecule is CCNC(=NCC(=O)N1CCCC1)NCC1(SC)CCOCC1. The maximum absolute atomic E-state index is 12.1. The Labute approximate surface area is 143 Å². The van der Waals surface area contributed by atoms with Crippen LogP contribution >= 0.6 is 11.8 Å². The summed E-state index contributed by atoms with van der Waals surface area (Å²) in [6.45, 7) is 7.32. The van der Waals surface area contributed by atoms with Crippen LogP contribution in [0.4, 0.5) is 0 Å². The number of amides is 1. The fourth-order valence-corrected chi connectivity index (χ4v) is 3.79. The van der Waals surface area contributed by atoms with E-state index in [1.807, 2.05) is 23.6 Å². The Bertz CT molecular complexity index is 405. The quantitative estimate of drug-likeness (QED) is 0.558. The molecule has 0 aromatic rings. The van der Waals surface area contributed by atoms with Crippen LogP contribution in [0.1, 0.15) is 32.6 Å². The lowest BCUT2D eigenvalue weighted by molar-refractivity contribution is -0.128. The third-order valence-corrected chi connectivity index (χ3v) is 6.01. The number of likely N-dealkylation sites (tertiary alicyclic amines) is 1. The van der Waals surface area contributed by atoms with Crippen molar-refractivity contribution in [2.24, 2.45) is 4.99 Å². The Kier molecular flexibility index (Phi) is 7.49. The number of rotatable bonds is 6. The summed E-state index contributed by atoms with van der Waals surface area (Å²) in [5.41, 5.74) is 0. The lowest BCUT2D eigenvalue weighted by atomic mass is 9.99. The first kappa shape index (κ1) is 18.4. The van der Waals surface area contributed by atoms with E-state index in [9.17, 15) is 4.79 Å². The van der Waals surface area contributed by atoms with Gasteiger partial charge in [0.1, 0.15) is 6.54 Å². The summed E-state index contributed by atoms with van der Waals surface area (Å²) >= 11 is 1.90. The standard InChI is InChI=1S/C16H30N4O2S/c1-3-17-15(18-12-14(21)20-8-4-5-9-20)19-13-16(23-2)6-10-22-11-7-16/h3-13H2,1-2H3,(H2,17,18,19). The first-order valence-corrected chi connectivity index (χ1v) is 9.84. The number of aliphatic imine (C=N–C) groups is 1. The molecule has 2 heterocycles. The lowest BCUT2D eigenvalue weighted by Crippen LogP contribution is -2.48. The van der Waals surface area contributed by atoms with Crippen LogP contribution in [0, 0.1) is 0 Å². The summed E-state index contributed by atoms with van der Waals surface area (Å²) in [6, 6.07) is 0. The molecule has 0 spiro atoms. The first-order valence-electron chi connectivity index (χ1n) is 8.62. The molecule has 0 atom stereocenters. The predicted molar refractivity (Wildman–Crippen MR) is 96.1 cm³/mol. The van der Waals surface area contributed by atoms with Crippen molar-refractivity contribution in [3.8, 4) is 0 Å². The van der Waals surface area contributed by atoms with E-state index in [0.29, 0.717) is 0 Å². The second-order valence-electron chi connectivity index (χ2n) is 6.14. The molecule has 2 saturated heterocycles. The maximum atomic E-state index is 12.1. The van der Waals surface area contributed by atoms with Gasteiger partial charge in [-0.15, -0.1) is 0 Å². The number of ether oxygens (including phenoxy) is 1. The number of nitrogens with one attached hydrogen (secondary N) is 2. The van der Waals surface area contributed by atoms with Gasteiger partial charge in [0.05, 0.1) is 0 Å². The molecule has 2 aliphatic rings. The molecule has 6 nitrogen and oxygen atoms in total. The molecule has 1 amide bonds. The highest BCUT2D eigenvalue weighted by molar-refractivity contribution is 8.00. The zero-order chi connectivity index (χ0) is 16.5. The van der Waals surface area contributed by atoms with Crippen LogP contribution in [0.15, 0.2) is 4.99 Å². The summed E-state index contributed by atoms with van der Waals surface area (Å²) < 4.78 is 5.68. The average Bonchev–Trinajstić information content (AvgIpc) is 3.12. The lowest BCUT2D eigenvalue weighted by Gasteiger charge is -2.36. The topological polar surface area (TPSA) is 66.0 Å². The van der Waals surface area contributed by atoms with E-state index in [2.05, 4.69) is 21.9 Å². The second-order valence-corrected chi connectivity index (χ2v) is 7.41. The molecular formula is C16H30N4O2S. The molecule has 132 valence electrons. The highest BCUT2D eigenvalue weighted by atomic mass is 32.2. The smallest absolute Gasteiger partial charge is 0.244 e. The molecule has 0 radical (unpaired) electrons. The summed E-state index contributed by atoms with van der Waals surface area (Å²) in [5, 5.41) is 6.66. The van der Waals surface area contributed by atoms with Crippen LogP contribution in [-0.2, 0) is 9.53 Å². The Morgan fingerprint density at radius 2 is 1.96 bits per heavy atom. The Hall–Kier alpha value is -0.950. The Balaban J connectivity index is 1.86. The minimum atomic E-state index is 0.130. The predicted octanol–water partition coefficient (Wildman–Crippen LogP) is 1.08. The van der Waals surface area contributed by atoms with Gasteiger partial charge in [0.2, 0.25) is 5.91 Å². The molecule has 0 bridgehead atoms. The van der Waals surface area contributed by atoms with Crippen LogP contribution in [0.3, 0.4) is 0 Å². The highest BCUT2D eigenvalue weighted by Gasteiger charge is 2.31. The average molecular weight is 343 g/mol. The summed E-state index contributed by atoms with van der Waals surface area (Å²) in [5.74, 6) is 0.866. The molecule has 0 aromatic carbocycles. The summed E-state index contributed by atoms with van der Waals surface area (Å²) in [4.78, 5) is 18.5. The zero-order valence-electron chi connectivity index (χ0n) is 14.4. The van der Waals surface area contributed by atoms with E-state index in [0.717, 1.165) is 71.0 Å². The molecular weight excluding hydrogens is 312 g/mol. The number of hydrogen-bond donors (Lipinski definition) is 2. The van der Waals surface area contributed by atoms with E-state index >= 15 is 0 Å². The van der Waals surface area contributed by atoms with E-state index in [4.69, 9.17) is 4.74 Å². The van der Waals surface area contributed by atoms with Gasteiger partial charge in [0, 0.05) is 44.1 Å². The number of guanidine groups is 1. The first-order chi connectivity index (χ1) is 11.2. The van der Waals surface area contributed by atoms with E-state index in [-0.39, 0.29) is 17.2 Å². The van der Waals surface area contributed by atoms with Gasteiger partial charge in [-0.3, -0.25) is 4.79 Å². The molecule has 7 heteroatoms. The van der Waals surface area contributed by atoms with Crippen molar-refractivity contribution in [1.82, 2.24) is 15.5 Å². The van der Waals surface area contributed by atoms with Gasteiger partial charge in [0.25, 0.3) is 0 Å². The third-order valence-electron chi connectivity index (χ3n) is 4.59. The second kappa shape index (κ2) is 9.37. The fourth-order valence-electron chi connectivity index (χ4n) is 3.00. The Morgan fingerprint density at radius 3 is 2.57 bits per heavy atom. The van der Waals surface area contributed by atoms with Crippen LogP contribution in [0.2, 0.25) is 0 Å². The van der Waals surface area contributed by atoms with Crippen LogP contribution < -0.4 is 10.6 Å². The molecule has 0 unspecified atom stereocenters. The van der Waals surface area contributed by atoms with Crippen molar-refractivity contribution in [2.75, 3.05) is 52.2 Å². The van der Waals surface area contributed by atoms with Crippen LogP contribution in [0.25, 0.3) is 0 Å². The molecule has 0 aromatic heterocycles. The fraction of sp³-hybridized carbons (Fsp3) is 0.875. The molecule has 0 saturated carbocycles. The van der Waals surface area contributed by atoms with Gasteiger partial charge in [-0.05, 0) is 38.9 Å². The molecule has 2 rings (SSSR count). The highest BCUT2D eigenvalue weighted by Crippen LogP contribution is 2.32. The van der Waals surface area contributed by atoms with Gasteiger partial charge >= 0.3 is 0 Å². The van der Waals surface area contributed by atoms with Crippen LogP contribution in [-0.4, -0.2) is 73.7 Å². The van der Waals surface area contributed by atoms with Gasteiger partial charge in [0.15, 0.2) is 5.96 Å². The van der Waals surface area contributed by atoms with Gasteiger partial charge in [-0.1, -0.05) is 0 Å². The molecule has 2 N–H and O–H groups in total. The summed E-state index contributed by atoms with van der Waals surface area (Å²) in [6.07, 6.45) is 6.49. The number of hydrogen-bond acceptors (Lipinski definition) is 4. The number of nitrogens with zero attached hydrogens (tertiary/aromatic N) is 2. The number of carbonyl (C=O) groups excluding carboxylic acids is 1. The molecule has 2 fully saturated rings. The number of carbonyl (C=O) groups is 1. The minimum absolute atomic E-state index is 0.130. The molecule has 2 aliphatic heterocycles. The van der Waals surface area contributed by atoms with E-state index in [1.54, 1.807) is 0 Å². The normalized spacial score (nSPS) is 21.3. The van der Waals surface area contributed by atoms with Crippen molar-refractivity contribution in [3.63, 3.8) is 0 Å². The minimum Gasteiger partial charge on any atom is -0.381 e. The third kappa shape index (κ3) is 5.57. The van der Waals surface area contributed by atoms with Crippen molar-refractivity contribution in [3.05, 3.63) is 0 Å². The molecule has 23 heavy (non-hydrogen) atoms. The molecule has 0 aliphatic carbocycles. The van der Waals surface area contributed by atoms with Crippen molar-refractivity contribution >= 4 is 23.6 Å². The largest absolute Gasteiger partial charge is 0.381 e. The van der Waals surface area contributed by atoms with Gasteiger partial charge in [-0.25, -0.2) is 4.99 Å².